The van der Waals surface area contributed by atoms with Crippen molar-refractivity contribution in [1.29, 1.82) is 10.8 Å². The third-order valence-electron chi connectivity index (χ3n) is 3.95. The second-order valence-corrected chi connectivity index (χ2v) is 6.25. The molecule has 0 fully saturated rings. The van der Waals surface area contributed by atoms with Crippen LogP contribution in [0.25, 0.3) is 11.1 Å². The zero-order valence-corrected chi connectivity index (χ0v) is 17.5. The SMILES string of the molecule is C=C(/C=C(N)\C(C=N)=C(/C)c1nc(/C(C)=C/C=N)cn1C)C(N)=O.CCCC. The number of rotatable bonds is 8. The molecular weight excluding hydrogens is 352 g/mol. The maximum atomic E-state index is 11.1. The van der Waals surface area contributed by atoms with Crippen molar-refractivity contribution < 1.29 is 4.79 Å². The monoisotopic (exact) mass is 384 g/mol. The topological polar surface area (TPSA) is 135 Å². The average Bonchev–Trinajstić information content (AvgIpc) is 3.04. The highest BCUT2D eigenvalue weighted by atomic mass is 16.1. The van der Waals surface area contributed by atoms with Crippen LogP contribution in [0, 0.1) is 10.8 Å². The molecule has 1 rings (SSSR count). The number of amides is 1. The summed E-state index contributed by atoms with van der Waals surface area (Å²) in [5, 5.41) is 14.8. The van der Waals surface area contributed by atoms with Crippen molar-refractivity contribution in [3.8, 4) is 0 Å². The Hall–Kier alpha value is -3.22. The number of aromatic nitrogens is 2. The fourth-order valence-corrected chi connectivity index (χ4v) is 2.08. The van der Waals surface area contributed by atoms with Crippen LogP contribution in [0.4, 0.5) is 0 Å². The van der Waals surface area contributed by atoms with Gasteiger partial charge in [0.15, 0.2) is 0 Å². The lowest BCUT2D eigenvalue weighted by atomic mass is 10.0. The summed E-state index contributed by atoms with van der Waals surface area (Å²) in [5.74, 6) is -0.0473. The van der Waals surface area contributed by atoms with Crippen LogP contribution >= 0.6 is 0 Å². The van der Waals surface area contributed by atoms with E-state index in [0.29, 0.717) is 17.0 Å². The maximum Gasteiger partial charge on any atom is 0.248 e. The molecule has 0 saturated heterocycles. The van der Waals surface area contributed by atoms with Gasteiger partial charge in [-0.05, 0) is 31.6 Å². The number of nitrogens with two attached hydrogens (primary N) is 2. The molecule has 0 radical (unpaired) electrons. The summed E-state index contributed by atoms with van der Waals surface area (Å²) in [5.41, 5.74) is 14.1. The van der Waals surface area contributed by atoms with Gasteiger partial charge in [-0.1, -0.05) is 33.3 Å². The molecule has 0 aliphatic carbocycles. The van der Waals surface area contributed by atoms with Crippen LogP contribution in [-0.4, -0.2) is 27.9 Å². The quantitative estimate of drug-likeness (QED) is 0.310. The van der Waals surface area contributed by atoms with Crippen LogP contribution in [-0.2, 0) is 11.8 Å². The molecule has 0 saturated carbocycles. The number of nitrogens with one attached hydrogen (secondary N) is 2. The highest BCUT2D eigenvalue weighted by molar-refractivity contribution is 5.97. The number of unbranched alkanes of at least 4 members (excludes halogenated alkanes) is 1. The minimum Gasteiger partial charge on any atom is -0.398 e. The Bertz CT molecular complexity index is 822. The molecule has 0 bridgehead atoms. The average molecular weight is 385 g/mol. The number of allylic oxidation sites excluding steroid dienone is 4. The van der Waals surface area contributed by atoms with E-state index in [4.69, 9.17) is 22.3 Å². The first kappa shape index (κ1) is 24.8. The van der Waals surface area contributed by atoms with E-state index in [2.05, 4.69) is 25.4 Å². The number of hydrogen-bond donors (Lipinski definition) is 4. The first-order chi connectivity index (χ1) is 13.1. The van der Waals surface area contributed by atoms with Gasteiger partial charge >= 0.3 is 0 Å². The standard InChI is InChI=1S/C17H22N6O.C4H10/c1-10(5-6-18)15-9-23(4)17(22-15)12(3)13(8-19)14(20)7-11(2)16(21)24;1-3-4-2/h5-9,18-19H,2,20H2,1,3-4H3,(H2,21,24);3-4H2,1-2H3/b10-5+,13-12+,14-7+,18-6?,19-8?;. The van der Waals surface area contributed by atoms with Crippen molar-refractivity contribution in [2.45, 2.75) is 40.5 Å². The first-order valence-electron chi connectivity index (χ1n) is 9.03. The lowest BCUT2D eigenvalue weighted by molar-refractivity contribution is -0.114. The van der Waals surface area contributed by atoms with Crippen LogP contribution in [0.5, 0.6) is 0 Å². The number of carbonyl (C=O) groups is 1. The Kier molecular flexibility index (Phi) is 10.8. The highest BCUT2D eigenvalue weighted by Gasteiger charge is 2.13. The Morgan fingerprint density at radius 3 is 2.25 bits per heavy atom. The summed E-state index contributed by atoms with van der Waals surface area (Å²) in [6.07, 6.45) is 9.76. The smallest absolute Gasteiger partial charge is 0.248 e. The van der Waals surface area contributed by atoms with Gasteiger partial charge in [0, 0.05) is 48.1 Å². The van der Waals surface area contributed by atoms with Gasteiger partial charge in [-0.3, -0.25) is 4.79 Å². The fraction of sp³-hybridized carbons (Fsp3) is 0.333. The van der Waals surface area contributed by atoms with E-state index in [1.165, 1.54) is 25.1 Å². The van der Waals surface area contributed by atoms with Crippen LogP contribution < -0.4 is 11.5 Å². The molecule has 1 aromatic rings. The summed E-state index contributed by atoms with van der Waals surface area (Å²) >= 11 is 0. The second-order valence-electron chi connectivity index (χ2n) is 6.25. The van der Waals surface area contributed by atoms with Gasteiger partial charge in [0.1, 0.15) is 5.82 Å². The third-order valence-corrected chi connectivity index (χ3v) is 3.95. The Labute approximate surface area is 167 Å². The molecule has 0 spiro atoms. The van der Waals surface area contributed by atoms with Gasteiger partial charge in [0.25, 0.3) is 0 Å². The van der Waals surface area contributed by atoms with Crippen molar-refractivity contribution in [3.63, 3.8) is 0 Å². The molecule has 1 amide bonds. The van der Waals surface area contributed by atoms with Crippen LogP contribution in [0.1, 0.15) is 52.1 Å². The van der Waals surface area contributed by atoms with Gasteiger partial charge in [0.05, 0.1) is 5.69 Å². The Morgan fingerprint density at radius 1 is 1.25 bits per heavy atom. The summed E-state index contributed by atoms with van der Waals surface area (Å²) in [6.45, 7) is 11.5. The number of primary amides is 1. The van der Waals surface area contributed by atoms with E-state index in [9.17, 15) is 4.79 Å². The van der Waals surface area contributed by atoms with Crippen LogP contribution in [0.15, 0.2) is 41.8 Å². The molecule has 7 nitrogen and oxygen atoms in total. The van der Waals surface area contributed by atoms with E-state index >= 15 is 0 Å². The summed E-state index contributed by atoms with van der Waals surface area (Å²) in [6, 6.07) is 0. The van der Waals surface area contributed by atoms with Gasteiger partial charge in [-0.2, -0.15) is 0 Å². The molecule has 0 atom stereocenters. The van der Waals surface area contributed by atoms with Crippen molar-refractivity contribution in [1.82, 2.24) is 9.55 Å². The Morgan fingerprint density at radius 2 is 1.82 bits per heavy atom. The van der Waals surface area contributed by atoms with E-state index in [-0.39, 0.29) is 11.3 Å². The zero-order chi connectivity index (χ0) is 21.9. The van der Waals surface area contributed by atoms with Gasteiger partial charge in [-0.15, -0.1) is 0 Å². The fourth-order valence-electron chi connectivity index (χ4n) is 2.08. The lowest BCUT2D eigenvalue weighted by Crippen LogP contribution is -2.14. The number of aryl methyl sites for hydroxylation is 1. The lowest BCUT2D eigenvalue weighted by Gasteiger charge is -2.09. The molecule has 6 N–H and O–H groups in total. The predicted octanol–water partition coefficient (Wildman–Crippen LogP) is 3.59. The minimum atomic E-state index is -0.674. The summed E-state index contributed by atoms with van der Waals surface area (Å²) in [4.78, 5) is 15.6. The van der Waals surface area contributed by atoms with Crippen LogP contribution in [0.2, 0.25) is 0 Å². The van der Waals surface area contributed by atoms with Gasteiger partial charge in [0.2, 0.25) is 5.91 Å². The minimum absolute atomic E-state index is 0.0601. The molecule has 152 valence electrons. The van der Waals surface area contributed by atoms with Crippen molar-refractivity contribution >= 4 is 29.5 Å². The van der Waals surface area contributed by atoms with E-state index in [0.717, 1.165) is 17.5 Å². The molecular formula is C21H32N6O. The number of imidazole rings is 1. The number of nitrogens with zero attached hydrogens (tertiary/aromatic N) is 2. The molecule has 0 aromatic carbocycles. The molecule has 0 unspecified atom stereocenters. The van der Waals surface area contributed by atoms with Gasteiger partial charge < -0.3 is 26.9 Å². The molecule has 7 heteroatoms. The molecule has 1 heterocycles. The van der Waals surface area contributed by atoms with E-state index in [1.807, 2.05) is 24.7 Å². The number of hydrogen-bond acceptors (Lipinski definition) is 5. The third kappa shape index (κ3) is 7.19. The zero-order valence-electron chi connectivity index (χ0n) is 17.5. The molecule has 0 aliphatic heterocycles. The molecule has 28 heavy (non-hydrogen) atoms. The normalized spacial score (nSPS) is 12.5. The van der Waals surface area contributed by atoms with Crippen molar-refractivity contribution in [2.24, 2.45) is 18.5 Å². The molecule has 1 aromatic heterocycles. The maximum absolute atomic E-state index is 11.1. The van der Waals surface area contributed by atoms with Gasteiger partial charge in [-0.25, -0.2) is 4.98 Å². The highest BCUT2D eigenvalue weighted by Crippen LogP contribution is 2.22. The molecule has 0 aliphatic rings. The largest absolute Gasteiger partial charge is 0.398 e. The summed E-state index contributed by atoms with van der Waals surface area (Å²) < 4.78 is 1.81. The predicted molar refractivity (Wildman–Crippen MR) is 118 cm³/mol. The number of carbonyl (C=O) groups excluding carboxylic acids is 1. The van der Waals surface area contributed by atoms with E-state index in [1.54, 1.807) is 13.0 Å². The van der Waals surface area contributed by atoms with Crippen molar-refractivity contribution in [2.75, 3.05) is 0 Å². The summed E-state index contributed by atoms with van der Waals surface area (Å²) in [7, 11) is 1.83. The first-order valence-corrected chi connectivity index (χ1v) is 9.03. The van der Waals surface area contributed by atoms with Crippen molar-refractivity contribution in [3.05, 3.63) is 53.3 Å². The van der Waals surface area contributed by atoms with E-state index < -0.39 is 5.91 Å². The van der Waals surface area contributed by atoms with Crippen LogP contribution in [0.3, 0.4) is 0 Å². The Balaban J connectivity index is 0.00000165. The second kappa shape index (κ2) is 12.2.